The van der Waals surface area contributed by atoms with Crippen molar-refractivity contribution in [2.45, 2.75) is 31.9 Å². The van der Waals surface area contributed by atoms with Crippen LogP contribution in [0.15, 0.2) is 0 Å². The number of ketones is 2. The Morgan fingerprint density at radius 1 is 0.917 bits per heavy atom. The Bertz CT molecular complexity index is 633. The standard InChI is InChI=1S/C7H12O6S.C5H10O4S/c1-5(8)6(4-7(9)12-2)14(10,11)13-3;1-5(6)3-4-10(7,8)9-2/h6H,4H2,1-3H3;3-4H2,1-2H3. The molecule has 0 aliphatic rings. The van der Waals surface area contributed by atoms with E-state index >= 15 is 0 Å². The minimum absolute atomic E-state index is 0.0240. The fourth-order valence-electron chi connectivity index (χ4n) is 1.15. The lowest BCUT2D eigenvalue weighted by molar-refractivity contribution is -0.141. The predicted molar refractivity (Wildman–Crippen MR) is 83.1 cm³/mol. The van der Waals surface area contributed by atoms with Gasteiger partial charge in [-0.15, -0.1) is 0 Å². The van der Waals surface area contributed by atoms with Crippen LogP contribution >= 0.6 is 0 Å². The average molecular weight is 390 g/mol. The van der Waals surface area contributed by atoms with Crippen LogP contribution in [0, 0.1) is 0 Å². The Morgan fingerprint density at radius 2 is 1.42 bits per heavy atom. The predicted octanol–water partition coefficient (Wildman–Crippen LogP) is -0.575. The molecule has 1 unspecified atom stereocenters. The molecule has 0 aliphatic heterocycles. The summed E-state index contributed by atoms with van der Waals surface area (Å²) in [6.45, 7) is 2.41. The zero-order chi connectivity index (χ0) is 19.6. The third kappa shape index (κ3) is 11.2. The SMILES string of the molecule is COC(=O)CC(C(C)=O)S(=O)(=O)OC.COS(=O)(=O)CCC(C)=O. The minimum Gasteiger partial charge on any atom is -0.469 e. The van der Waals surface area contributed by atoms with Crippen molar-refractivity contribution in [3.63, 3.8) is 0 Å². The Kier molecular flexibility index (Phi) is 11.6. The summed E-state index contributed by atoms with van der Waals surface area (Å²) in [6.07, 6.45) is -0.502. The minimum atomic E-state index is -4.02. The highest BCUT2D eigenvalue weighted by Crippen LogP contribution is 2.10. The number of Topliss-reactive ketones (excluding diaryl/α,β-unsaturated/α-hetero) is 2. The van der Waals surface area contributed by atoms with E-state index in [2.05, 4.69) is 13.1 Å². The molecule has 0 saturated heterocycles. The molecule has 0 rings (SSSR count). The molecular formula is C12H22O10S2. The molecule has 0 N–H and O–H groups in total. The van der Waals surface area contributed by atoms with Gasteiger partial charge in [-0.2, -0.15) is 16.8 Å². The summed E-state index contributed by atoms with van der Waals surface area (Å²) in [5, 5.41) is -1.49. The summed E-state index contributed by atoms with van der Waals surface area (Å²) in [7, 11) is -4.33. The van der Waals surface area contributed by atoms with Crippen LogP contribution in [0.2, 0.25) is 0 Å². The van der Waals surface area contributed by atoms with Crippen molar-refractivity contribution in [3.05, 3.63) is 0 Å². The first-order valence-electron chi connectivity index (χ1n) is 6.47. The van der Waals surface area contributed by atoms with Crippen LogP contribution in [0.1, 0.15) is 26.7 Å². The van der Waals surface area contributed by atoms with Gasteiger partial charge in [-0.25, -0.2) is 0 Å². The van der Waals surface area contributed by atoms with Crippen molar-refractivity contribution in [3.8, 4) is 0 Å². The van der Waals surface area contributed by atoms with Crippen LogP contribution in [-0.4, -0.2) is 66.7 Å². The first kappa shape index (κ1) is 24.9. The van der Waals surface area contributed by atoms with E-state index in [-0.39, 0.29) is 18.0 Å². The van der Waals surface area contributed by atoms with Gasteiger partial charge in [-0.05, 0) is 13.8 Å². The van der Waals surface area contributed by atoms with Gasteiger partial charge in [-0.1, -0.05) is 0 Å². The highest BCUT2D eigenvalue weighted by molar-refractivity contribution is 7.88. The Hall–Kier alpha value is -1.37. The van der Waals surface area contributed by atoms with Crippen molar-refractivity contribution < 1.29 is 44.3 Å². The van der Waals surface area contributed by atoms with Crippen LogP contribution in [0.3, 0.4) is 0 Å². The highest BCUT2D eigenvalue weighted by Gasteiger charge is 2.32. The first-order valence-corrected chi connectivity index (χ1v) is 9.52. The van der Waals surface area contributed by atoms with Gasteiger partial charge >= 0.3 is 5.97 Å². The van der Waals surface area contributed by atoms with Crippen LogP contribution in [0.25, 0.3) is 0 Å². The molecule has 0 bridgehead atoms. The second-order valence-electron chi connectivity index (χ2n) is 4.42. The van der Waals surface area contributed by atoms with Crippen LogP contribution in [0.5, 0.6) is 0 Å². The Balaban J connectivity index is 0. The topological polar surface area (TPSA) is 147 Å². The van der Waals surface area contributed by atoms with Crippen molar-refractivity contribution >= 4 is 37.8 Å². The number of esters is 1. The van der Waals surface area contributed by atoms with Gasteiger partial charge in [0.25, 0.3) is 20.2 Å². The van der Waals surface area contributed by atoms with E-state index in [9.17, 15) is 31.2 Å². The summed E-state index contributed by atoms with van der Waals surface area (Å²) >= 11 is 0. The smallest absolute Gasteiger partial charge is 0.307 e. The monoisotopic (exact) mass is 390 g/mol. The summed E-state index contributed by atoms with van der Waals surface area (Å²) in [5.41, 5.74) is 0. The second kappa shape index (κ2) is 11.2. The molecule has 12 heteroatoms. The Labute approximate surface area is 141 Å². The zero-order valence-electron chi connectivity index (χ0n) is 14.1. The lowest BCUT2D eigenvalue weighted by atomic mass is 10.2. The molecule has 0 amide bonds. The summed E-state index contributed by atoms with van der Waals surface area (Å²) in [5.74, 6) is -1.80. The van der Waals surface area contributed by atoms with E-state index in [1.165, 1.54) is 6.92 Å². The highest BCUT2D eigenvalue weighted by atomic mass is 32.2. The quantitative estimate of drug-likeness (QED) is 0.370. The summed E-state index contributed by atoms with van der Waals surface area (Å²) in [6, 6.07) is 0. The third-order valence-electron chi connectivity index (χ3n) is 2.57. The van der Waals surface area contributed by atoms with E-state index in [1.54, 1.807) is 0 Å². The number of hydrogen-bond donors (Lipinski definition) is 0. The number of rotatable bonds is 9. The number of carbonyl (C=O) groups is 3. The Morgan fingerprint density at radius 3 is 1.71 bits per heavy atom. The van der Waals surface area contributed by atoms with Gasteiger partial charge in [0.1, 0.15) is 5.78 Å². The fourth-order valence-corrected chi connectivity index (χ4v) is 2.84. The molecule has 0 aliphatic carbocycles. The molecule has 0 fully saturated rings. The van der Waals surface area contributed by atoms with Gasteiger partial charge in [-0.3, -0.25) is 22.7 Å². The zero-order valence-corrected chi connectivity index (χ0v) is 15.7. The van der Waals surface area contributed by atoms with Gasteiger partial charge in [0.2, 0.25) is 0 Å². The normalized spacial score (nSPS) is 12.5. The van der Waals surface area contributed by atoms with Gasteiger partial charge < -0.3 is 4.74 Å². The van der Waals surface area contributed by atoms with Crippen molar-refractivity contribution in [1.29, 1.82) is 0 Å². The molecular weight excluding hydrogens is 368 g/mol. The molecule has 0 radical (unpaired) electrons. The van der Waals surface area contributed by atoms with E-state index in [0.717, 1.165) is 28.3 Å². The molecule has 10 nitrogen and oxygen atoms in total. The fraction of sp³-hybridized carbons (Fsp3) is 0.750. The molecule has 0 spiro atoms. The summed E-state index contributed by atoms with van der Waals surface area (Å²) < 4.78 is 55.9. The lowest BCUT2D eigenvalue weighted by Crippen LogP contribution is -2.32. The molecule has 142 valence electrons. The van der Waals surface area contributed by atoms with E-state index in [4.69, 9.17) is 0 Å². The van der Waals surface area contributed by atoms with E-state index in [0.29, 0.717) is 0 Å². The number of ether oxygens (including phenoxy) is 1. The second-order valence-corrected chi connectivity index (χ2v) is 8.16. The molecule has 1 atom stereocenters. The molecule has 24 heavy (non-hydrogen) atoms. The molecule has 0 saturated carbocycles. The van der Waals surface area contributed by atoms with Gasteiger partial charge in [0, 0.05) is 6.42 Å². The number of carbonyl (C=O) groups excluding carboxylic acids is 3. The van der Waals surface area contributed by atoms with Crippen LogP contribution < -0.4 is 0 Å². The average Bonchev–Trinajstić information content (AvgIpc) is 2.50. The van der Waals surface area contributed by atoms with Crippen molar-refractivity contribution in [2.75, 3.05) is 27.1 Å². The lowest BCUT2D eigenvalue weighted by Gasteiger charge is -2.10. The molecule has 0 heterocycles. The van der Waals surface area contributed by atoms with Gasteiger partial charge in [0.15, 0.2) is 11.0 Å². The van der Waals surface area contributed by atoms with E-state index in [1.807, 2.05) is 0 Å². The van der Waals surface area contributed by atoms with Crippen LogP contribution in [0.4, 0.5) is 0 Å². The van der Waals surface area contributed by atoms with Gasteiger partial charge in [0.05, 0.1) is 33.5 Å². The maximum Gasteiger partial charge on any atom is 0.307 e. The first-order chi connectivity index (χ1) is 10.8. The van der Waals surface area contributed by atoms with Crippen molar-refractivity contribution in [2.24, 2.45) is 0 Å². The molecule has 0 aromatic rings. The third-order valence-corrected chi connectivity index (χ3v) is 5.44. The maximum atomic E-state index is 11.1. The number of hydrogen-bond acceptors (Lipinski definition) is 10. The van der Waals surface area contributed by atoms with Crippen molar-refractivity contribution in [1.82, 2.24) is 0 Å². The largest absolute Gasteiger partial charge is 0.469 e. The van der Waals surface area contributed by atoms with Crippen LogP contribution in [-0.2, 0) is 47.7 Å². The maximum absolute atomic E-state index is 11.1. The summed E-state index contributed by atoms with van der Waals surface area (Å²) in [4.78, 5) is 32.0. The van der Waals surface area contributed by atoms with E-state index < -0.39 is 43.7 Å². The molecule has 0 aromatic carbocycles. The number of methoxy groups -OCH3 is 1. The molecule has 0 aromatic heterocycles.